The first kappa shape index (κ1) is 16.3. The van der Waals surface area contributed by atoms with E-state index in [0.29, 0.717) is 23.6 Å². The van der Waals surface area contributed by atoms with Gasteiger partial charge in [0.15, 0.2) is 9.84 Å². The van der Waals surface area contributed by atoms with Gasteiger partial charge in [-0.2, -0.15) is 0 Å². The van der Waals surface area contributed by atoms with E-state index in [4.69, 9.17) is 11.6 Å². The zero-order valence-electron chi connectivity index (χ0n) is 12.3. The highest BCUT2D eigenvalue weighted by Gasteiger charge is 2.48. The Balaban J connectivity index is 1.49. The smallest absolute Gasteiger partial charge is 0.228 e. The molecule has 124 valence electrons. The molecule has 0 spiro atoms. The minimum absolute atomic E-state index is 0.00685. The van der Waals surface area contributed by atoms with Crippen LogP contribution in [0.3, 0.4) is 0 Å². The molecule has 3 unspecified atom stereocenters. The third-order valence-electron chi connectivity index (χ3n) is 4.15. The zero-order chi connectivity index (χ0) is 16.6. The Labute approximate surface area is 139 Å². The van der Waals surface area contributed by atoms with Crippen LogP contribution in [-0.4, -0.2) is 37.8 Å². The van der Waals surface area contributed by atoms with E-state index in [1.807, 2.05) is 0 Å². The Morgan fingerprint density at radius 2 is 1.74 bits per heavy atom. The summed E-state index contributed by atoms with van der Waals surface area (Å²) in [7, 11) is -3.03. The van der Waals surface area contributed by atoms with Crippen molar-refractivity contribution in [1.29, 1.82) is 0 Å². The molecule has 1 aromatic carbocycles. The number of amides is 2. The number of carbonyl (C=O) groups is 2. The molecule has 2 aliphatic rings. The standard InChI is InChI=1S/C15H17ClN2O4S/c16-9-1-3-10(4-2-9)17-14(19)12-7-13(12)15(20)18-11-5-6-23(21,22)8-11/h1-4,11-13H,5-8H2,(H,17,19)(H,18,20). The number of sulfone groups is 1. The minimum Gasteiger partial charge on any atom is -0.352 e. The molecular formula is C15H17ClN2O4S. The van der Waals surface area contributed by atoms with Gasteiger partial charge in [-0.25, -0.2) is 8.42 Å². The van der Waals surface area contributed by atoms with Crippen LogP contribution in [0.15, 0.2) is 24.3 Å². The Morgan fingerprint density at radius 1 is 1.09 bits per heavy atom. The molecule has 1 aliphatic carbocycles. The average molecular weight is 357 g/mol. The number of rotatable bonds is 4. The summed E-state index contributed by atoms with van der Waals surface area (Å²) in [5.41, 5.74) is 0.632. The van der Waals surface area contributed by atoms with Crippen LogP contribution in [0.5, 0.6) is 0 Å². The highest BCUT2D eigenvalue weighted by atomic mass is 35.5. The molecule has 23 heavy (non-hydrogen) atoms. The lowest BCUT2D eigenvalue weighted by molar-refractivity contribution is -0.125. The molecular weight excluding hydrogens is 340 g/mol. The number of hydrogen-bond donors (Lipinski definition) is 2. The maximum atomic E-state index is 12.1. The zero-order valence-corrected chi connectivity index (χ0v) is 13.9. The van der Waals surface area contributed by atoms with Crippen LogP contribution in [0.2, 0.25) is 5.02 Å². The van der Waals surface area contributed by atoms with Crippen LogP contribution >= 0.6 is 11.6 Å². The lowest BCUT2D eigenvalue weighted by atomic mass is 10.2. The molecule has 3 rings (SSSR count). The van der Waals surface area contributed by atoms with Crippen LogP contribution in [0.25, 0.3) is 0 Å². The Hall–Kier alpha value is -1.60. The molecule has 1 saturated carbocycles. The lowest BCUT2D eigenvalue weighted by Crippen LogP contribution is -2.37. The second kappa shape index (κ2) is 6.13. The molecule has 6 nitrogen and oxygen atoms in total. The summed E-state index contributed by atoms with van der Waals surface area (Å²) in [4.78, 5) is 24.2. The highest BCUT2D eigenvalue weighted by Crippen LogP contribution is 2.39. The van der Waals surface area contributed by atoms with Crippen LogP contribution in [0, 0.1) is 11.8 Å². The van der Waals surface area contributed by atoms with Crippen molar-refractivity contribution >= 4 is 38.9 Å². The molecule has 0 radical (unpaired) electrons. The predicted molar refractivity (Wildman–Crippen MR) is 86.9 cm³/mol. The predicted octanol–water partition coefficient (Wildman–Crippen LogP) is 1.22. The van der Waals surface area contributed by atoms with Crippen molar-refractivity contribution in [3.8, 4) is 0 Å². The van der Waals surface area contributed by atoms with Crippen molar-refractivity contribution in [2.24, 2.45) is 11.8 Å². The summed E-state index contributed by atoms with van der Waals surface area (Å²) < 4.78 is 22.8. The number of hydrogen-bond acceptors (Lipinski definition) is 4. The highest BCUT2D eigenvalue weighted by molar-refractivity contribution is 7.91. The second-order valence-electron chi connectivity index (χ2n) is 6.05. The van der Waals surface area contributed by atoms with E-state index in [1.165, 1.54) is 0 Å². The maximum Gasteiger partial charge on any atom is 0.228 e. The van der Waals surface area contributed by atoms with Crippen LogP contribution in [-0.2, 0) is 19.4 Å². The van der Waals surface area contributed by atoms with E-state index in [0.717, 1.165) is 0 Å². The topological polar surface area (TPSA) is 92.3 Å². The normalized spacial score (nSPS) is 28.1. The molecule has 2 fully saturated rings. The number of benzene rings is 1. The second-order valence-corrected chi connectivity index (χ2v) is 8.72. The van der Waals surface area contributed by atoms with Crippen LogP contribution in [0.4, 0.5) is 5.69 Å². The Morgan fingerprint density at radius 3 is 2.35 bits per heavy atom. The largest absolute Gasteiger partial charge is 0.352 e. The fourth-order valence-electron chi connectivity index (χ4n) is 2.76. The van der Waals surface area contributed by atoms with Gasteiger partial charge in [0.25, 0.3) is 0 Å². The van der Waals surface area contributed by atoms with Crippen LogP contribution in [0.1, 0.15) is 12.8 Å². The quantitative estimate of drug-likeness (QED) is 0.848. The summed E-state index contributed by atoms with van der Waals surface area (Å²) in [6, 6.07) is 6.42. The fourth-order valence-corrected chi connectivity index (χ4v) is 4.56. The molecule has 0 aromatic heterocycles. The van der Waals surface area contributed by atoms with Crippen molar-refractivity contribution in [3.63, 3.8) is 0 Å². The van der Waals surface area contributed by atoms with E-state index in [-0.39, 0.29) is 41.2 Å². The Kier molecular flexibility index (Phi) is 4.33. The molecule has 3 atom stereocenters. The number of nitrogens with one attached hydrogen (secondary N) is 2. The van der Waals surface area contributed by atoms with Gasteiger partial charge in [-0.15, -0.1) is 0 Å². The monoisotopic (exact) mass is 356 g/mol. The van der Waals surface area contributed by atoms with Gasteiger partial charge in [-0.1, -0.05) is 11.6 Å². The molecule has 2 amide bonds. The Bertz CT molecular complexity index is 732. The van der Waals surface area contributed by atoms with E-state index < -0.39 is 9.84 Å². The van der Waals surface area contributed by atoms with E-state index in [1.54, 1.807) is 24.3 Å². The molecule has 0 bridgehead atoms. The van der Waals surface area contributed by atoms with Gasteiger partial charge in [0.2, 0.25) is 11.8 Å². The lowest BCUT2D eigenvalue weighted by Gasteiger charge is -2.10. The van der Waals surface area contributed by atoms with Gasteiger partial charge >= 0.3 is 0 Å². The first-order valence-electron chi connectivity index (χ1n) is 7.41. The number of halogens is 1. The minimum atomic E-state index is -3.03. The SMILES string of the molecule is O=C(Nc1ccc(Cl)cc1)C1CC1C(=O)NC1CCS(=O)(=O)C1. The van der Waals surface area contributed by atoms with E-state index >= 15 is 0 Å². The molecule has 8 heteroatoms. The van der Waals surface area contributed by atoms with Crippen molar-refractivity contribution in [1.82, 2.24) is 5.32 Å². The van der Waals surface area contributed by atoms with E-state index in [2.05, 4.69) is 10.6 Å². The summed E-state index contributed by atoms with van der Waals surface area (Å²) in [5, 5.41) is 6.07. The first-order valence-corrected chi connectivity index (χ1v) is 9.61. The fraction of sp³-hybridized carbons (Fsp3) is 0.467. The third-order valence-corrected chi connectivity index (χ3v) is 6.17. The van der Waals surface area contributed by atoms with Crippen LogP contribution < -0.4 is 10.6 Å². The third kappa shape index (κ3) is 4.03. The van der Waals surface area contributed by atoms with Crippen molar-refractivity contribution in [3.05, 3.63) is 29.3 Å². The van der Waals surface area contributed by atoms with E-state index in [9.17, 15) is 18.0 Å². The summed E-state index contributed by atoms with van der Waals surface area (Å²) >= 11 is 5.78. The van der Waals surface area contributed by atoms with Crippen molar-refractivity contribution < 1.29 is 18.0 Å². The van der Waals surface area contributed by atoms with Gasteiger partial charge in [0.1, 0.15) is 0 Å². The van der Waals surface area contributed by atoms with Crippen molar-refractivity contribution in [2.75, 3.05) is 16.8 Å². The molecule has 1 aromatic rings. The summed E-state index contributed by atoms with van der Waals surface area (Å²) in [5.74, 6) is -1.06. The summed E-state index contributed by atoms with van der Waals surface area (Å²) in [6.07, 6.45) is 0.938. The van der Waals surface area contributed by atoms with Crippen molar-refractivity contribution in [2.45, 2.75) is 18.9 Å². The maximum absolute atomic E-state index is 12.1. The average Bonchev–Trinajstić information content (AvgIpc) is 3.21. The molecule has 1 saturated heterocycles. The first-order chi connectivity index (χ1) is 10.8. The number of carbonyl (C=O) groups excluding carboxylic acids is 2. The van der Waals surface area contributed by atoms with Gasteiger partial charge in [0, 0.05) is 16.8 Å². The van der Waals surface area contributed by atoms with Gasteiger partial charge in [-0.3, -0.25) is 9.59 Å². The number of anilines is 1. The molecule has 2 N–H and O–H groups in total. The molecule has 1 heterocycles. The van der Waals surface area contributed by atoms with Gasteiger partial charge < -0.3 is 10.6 Å². The summed E-state index contributed by atoms with van der Waals surface area (Å²) in [6.45, 7) is 0. The molecule has 1 aliphatic heterocycles. The van der Waals surface area contributed by atoms with Gasteiger partial charge in [-0.05, 0) is 37.1 Å². The van der Waals surface area contributed by atoms with Gasteiger partial charge in [0.05, 0.1) is 23.3 Å².